The van der Waals surface area contributed by atoms with E-state index in [9.17, 15) is 0 Å². The second kappa shape index (κ2) is 4.64. The zero-order valence-electron chi connectivity index (χ0n) is 8.60. The molecule has 0 saturated heterocycles. The molecular weight excluding hydrogens is 188 g/mol. The summed E-state index contributed by atoms with van der Waals surface area (Å²) >= 11 is 0. The SMILES string of the molecule is C=CCN1CCN=C1Oc1ccccc1. The number of hydrogen-bond donors (Lipinski definition) is 0. The lowest BCUT2D eigenvalue weighted by Gasteiger charge is -2.17. The predicted octanol–water partition coefficient (Wildman–Crippen LogP) is 1.92. The number of benzene rings is 1. The molecule has 0 spiro atoms. The topological polar surface area (TPSA) is 24.8 Å². The highest BCUT2D eigenvalue weighted by molar-refractivity contribution is 5.78. The van der Waals surface area contributed by atoms with E-state index in [0.29, 0.717) is 6.02 Å². The summed E-state index contributed by atoms with van der Waals surface area (Å²) in [5, 5.41) is 0. The normalized spacial score (nSPS) is 14.9. The highest BCUT2D eigenvalue weighted by Crippen LogP contribution is 2.12. The number of nitrogens with zero attached hydrogens (tertiary/aromatic N) is 2. The van der Waals surface area contributed by atoms with E-state index >= 15 is 0 Å². The molecule has 0 bridgehead atoms. The van der Waals surface area contributed by atoms with Crippen molar-refractivity contribution in [1.29, 1.82) is 0 Å². The van der Waals surface area contributed by atoms with E-state index in [0.717, 1.165) is 25.4 Å². The van der Waals surface area contributed by atoms with Gasteiger partial charge in [-0.1, -0.05) is 24.3 Å². The van der Waals surface area contributed by atoms with Crippen LogP contribution in [0.5, 0.6) is 5.75 Å². The van der Waals surface area contributed by atoms with Crippen molar-refractivity contribution in [3.63, 3.8) is 0 Å². The summed E-state index contributed by atoms with van der Waals surface area (Å²) in [6.07, 6.45) is 1.86. The molecule has 15 heavy (non-hydrogen) atoms. The average Bonchev–Trinajstić information content (AvgIpc) is 2.68. The van der Waals surface area contributed by atoms with Gasteiger partial charge < -0.3 is 9.64 Å². The Hall–Kier alpha value is -1.77. The quantitative estimate of drug-likeness (QED) is 0.699. The van der Waals surface area contributed by atoms with Crippen LogP contribution in [-0.2, 0) is 0 Å². The lowest BCUT2D eigenvalue weighted by Crippen LogP contribution is -2.31. The van der Waals surface area contributed by atoms with Crippen LogP contribution in [0.25, 0.3) is 0 Å². The van der Waals surface area contributed by atoms with Crippen LogP contribution in [-0.4, -0.2) is 30.6 Å². The molecule has 1 aliphatic rings. The number of hydrogen-bond acceptors (Lipinski definition) is 3. The molecule has 1 aromatic rings. The fourth-order valence-electron chi connectivity index (χ4n) is 1.48. The van der Waals surface area contributed by atoms with E-state index < -0.39 is 0 Å². The maximum Gasteiger partial charge on any atom is 0.293 e. The molecule has 0 amide bonds. The molecule has 0 N–H and O–H groups in total. The molecule has 78 valence electrons. The van der Waals surface area contributed by atoms with E-state index in [1.807, 2.05) is 36.4 Å². The molecule has 3 nitrogen and oxygen atoms in total. The van der Waals surface area contributed by atoms with Crippen molar-refractivity contribution in [2.24, 2.45) is 4.99 Å². The molecule has 1 aliphatic heterocycles. The number of aliphatic imine (C=N–C) groups is 1. The molecule has 0 saturated carbocycles. The molecule has 1 heterocycles. The summed E-state index contributed by atoms with van der Waals surface area (Å²) in [7, 11) is 0. The van der Waals surface area contributed by atoms with Crippen LogP contribution in [0.4, 0.5) is 0 Å². The van der Waals surface area contributed by atoms with Gasteiger partial charge in [-0.3, -0.25) is 0 Å². The van der Waals surface area contributed by atoms with Gasteiger partial charge in [0.1, 0.15) is 5.75 Å². The van der Waals surface area contributed by atoms with Crippen LogP contribution in [0, 0.1) is 0 Å². The summed E-state index contributed by atoms with van der Waals surface area (Å²) in [5.74, 6) is 0.826. The van der Waals surface area contributed by atoms with Gasteiger partial charge in [-0.25, -0.2) is 4.99 Å². The number of amidine groups is 1. The van der Waals surface area contributed by atoms with Crippen molar-refractivity contribution in [3.05, 3.63) is 43.0 Å². The molecule has 0 aliphatic carbocycles. The van der Waals surface area contributed by atoms with Crippen molar-refractivity contribution in [3.8, 4) is 5.75 Å². The summed E-state index contributed by atoms with van der Waals surface area (Å²) in [6.45, 7) is 6.21. The van der Waals surface area contributed by atoms with Gasteiger partial charge in [0, 0.05) is 13.1 Å². The monoisotopic (exact) mass is 202 g/mol. The lowest BCUT2D eigenvalue weighted by atomic mass is 10.3. The maximum absolute atomic E-state index is 5.67. The zero-order valence-corrected chi connectivity index (χ0v) is 8.60. The van der Waals surface area contributed by atoms with E-state index in [1.165, 1.54) is 0 Å². The summed E-state index contributed by atoms with van der Waals surface area (Å²) in [5.41, 5.74) is 0. The molecular formula is C12H14N2O. The first-order chi connectivity index (χ1) is 7.40. The molecule has 3 heteroatoms. The average molecular weight is 202 g/mol. The number of rotatable bonds is 3. The first kappa shape index (κ1) is 9.77. The van der Waals surface area contributed by atoms with Crippen LogP contribution in [0.1, 0.15) is 0 Å². The van der Waals surface area contributed by atoms with Crippen molar-refractivity contribution < 1.29 is 4.74 Å². The van der Waals surface area contributed by atoms with Crippen LogP contribution in [0.3, 0.4) is 0 Å². The Morgan fingerprint density at radius 3 is 2.93 bits per heavy atom. The standard InChI is InChI=1S/C12H14N2O/c1-2-9-14-10-8-13-12(14)15-11-6-4-3-5-7-11/h2-7H,1,8-10H2. The van der Waals surface area contributed by atoms with Crippen molar-refractivity contribution >= 4 is 6.02 Å². The van der Waals surface area contributed by atoms with Crippen molar-refractivity contribution in [2.75, 3.05) is 19.6 Å². The van der Waals surface area contributed by atoms with Crippen molar-refractivity contribution in [2.45, 2.75) is 0 Å². The van der Waals surface area contributed by atoms with Crippen LogP contribution < -0.4 is 4.74 Å². The lowest BCUT2D eigenvalue weighted by molar-refractivity contribution is 0.399. The molecule has 0 unspecified atom stereocenters. The summed E-state index contributed by atoms with van der Waals surface area (Å²) < 4.78 is 5.67. The second-order valence-electron chi connectivity index (χ2n) is 3.31. The largest absolute Gasteiger partial charge is 0.426 e. The Morgan fingerprint density at radius 2 is 2.20 bits per heavy atom. The minimum Gasteiger partial charge on any atom is -0.426 e. The zero-order chi connectivity index (χ0) is 10.5. The smallest absolute Gasteiger partial charge is 0.293 e. The molecule has 0 atom stereocenters. The fourth-order valence-corrected chi connectivity index (χ4v) is 1.48. The molecule has 0 radical (unpaired) electrons. The Morgan fingerprint density at radius 1 is 1.40 bits per heavy atom. The predicted molar refractivity (Wildman–Crippen MR) is 61.1 cm³/mol. The van der Waals surface area contributed by atoms with E-state index in [2.05, 4.69) is 16.5 Å². The first-order valence-electron chi connectivity index (χ1n) is 5.03. The van der Waals surface area contributed by atoms with Gasteiger partial charge in [0.25, 0.3) is 6.02 Å². The van der Waals surface area contributed by atoms with Gasteiger partial charge >= 0.3 is 0 Å². The molecule has 1 aromatic carbocycles. The summed E-state index contributed by atoms with van der Waals surface area (Å²) in [6, 6.07) is 10.4. The van der Waals surface area contributed by atoms with Gasteiger partial charge in [0.05, 0.1) is 6.54 Å². The highest BCUT2D eigenvalue weighted by atomic mass is 16.5. The molecule has 2 rings (SSSR count). The van der Waals surface area contributed by atoms with E-state index in [1.54, 1.807) is 0 Å². The van der Waals surface area contributed by atoms with Gasteiger partial charge in [-0.05, 0) is 12.1 Å². The third-order valence-corrected chi connectivity index (χ3v) is 2.19. The minimum absolute atomic E-state index is 0.695. The number of ether oxygens (including phenoxy) is 1. The number of para-hydroxylation sites is 1. The van der Waals surface area contributed by atoms with Crippen LogP contribution in [0.15, 0.2) is 48.0 Å². The van der Waals surface area contributed by atoms with Gasteiger partial charge in [-0.2, -0.15) is 0 Å². The molecule has 0 aromatic heterocycles. The fraction of sp³-hybridized carbons (Fsp3) is 0.250. The highest BCUT2D eigenvalue weighted by Gasteiger charge is 2.17. The Balaban J connectivity index is 2.02. The third-order valence-electron chi connectivity index (χ3n) is 2.19. The van der Waals surface area contributed by atoms with Gasteiger partial charge in [-0.15, -0.1) is 6.58 Å². The Bertz CT molecular complexity index is 359. The van der Waals surface area contributed by atoms with Crippen LogP contribution >= 0.6 is 0 Å². The molecule has 0 fully saturated rings. The van der Waals surface area contributed by atoms with Crippen molar-refractivity contribution in [1.82, 2.24) is 4.90 Å². The second-order valence-corrected chi connectivity index (χ2v) is 3.31. The maximum atomic E-state index is 5.67. The third kappa shape index (κ3) is 2.37. The van der Waals surface area contributed by atoms with Crippen LogP contribution in [0.2, 0.25) is 0 Å². The minimum atomic E-state index is 0.695. The summed E-state index contributed by atoms with van der Waals surface area (Å²) in [4.78, 5) is 6.37. The Kier molecular flexibility index (Phi) is 3.02. The van der Waals surface area contributed by atoms with Gasteiger partial charge in [0.15, 0.2) is 0 Å². The Labute approximate surface area is 89.7 Å². The van der Waals surface area contributed by atoms with Gasteiger partial charge in [0.2, 0.25) is 0 Å². The van der Waals surface area contributed by atoms with E-state index in [4.69, 9.17) is 4.74 Å². The van der Waals surface area contributed by atoms with E-state index in [-0.39, 0.29) is 0 Å². The first-order valence-corrected chi connectivity index (χ1v) is 5.03.